The predicted molar refractivity (Wildman–Crippen MR) is 231 cm³/mol. The van der Waals surface area contributed by atoms with Gasteiger partial charge in [-0.2, -0.15) is 0 Å². The van der Waals surface area contributed by atoms with Crippen LogP contribution in [0.4, 0.5) is 17.1 Å². The quantitative estimate of drug-likeness (QED) is 0.172. The summed E-state index contributed by atoms with van der Waals surface area (Å²) in [5.41, 5.74) is 13.3. The average Bonchev–Trinajstić information content (AvgIpc) is 3.79. The van der Waals surface area contributed by atoms with Crippen LogP contribution in [0.5, 0.6) is 0 Å². The highest BCUT2D eigenvalue weighted by atomic mass is 16.3. The van der Waals surface area contributed by atoms with Crippen molar-refractivity contribution < 1.29 is 4.42 Å². The van der Waals surface area contributed by atoms with Crippen molar-refractivity contribution in [2.24, 2.45) is 0 Å². The number of aromatic nitrogens is 1. The highest BCUT2D eigenvalue weighted by molar-refractivity contribution is 6.16. The molecule has 0 aliphatic carbocycles. The maximum atomic E-state index is 6.25. The largest absolute Gasteiger partial charge is 0.456 e. The van der Waals surface area contributed by atoms with Gasteiger partial charge in [0.25, 0.3) is 0 Å². The number of fused-ring (bicyclic) bond motifs is 7. The Morgan fingerprint density at radius 1 is 0.364 bits per heavy atom. The zero-order chi connectivity index (χ0) is 36.3. The first-order valence-corrected chi connectivity index (χ1v) is 18.8. The van der Waals surface area contributed by atoms with Crippen molar-refractivity contribution in [3.8, 4) is 27.9 Å². The molecule has 55 heavy (non-hydrogen) atoms. The molecule has 9 aromatic carbocycles. The summed E-state index contributed by atoms with van der Waals surface area (Å²) in [7, 11) is 0. The minimum Gasteiger partial charge on any atom is -0.456 e. The Morgan fingerprint density at radius 2 is 1.02 bits per heavy atom. The summed E-state index contributed by atoms with van der Waals surface area (Å²) in [4.78, 5) is 2.42. The molecule has 0 fully saturated rings. The Kier molecular flexibility index (Phi) is 7.17. The number of benzene rings is 9. The van der Waals surface area contributed by atoms with Crippen LogP contribution in [-0.2, 0) is 0 Å². The number of rotatable bonds is 6. The lowest BCUT2D eigenvalue weighted by molar-refractivity contribution is 0.669. The number of para-hydroxylation sites is 3. The van der Waals surface area contributed by atoms with Gasteiger partial charge in [0, 0.05) is 38.6 Å². The van der Waals surface area contributed by atoms with Crippen molar-refractivity contribution in [2.45, 2.75) is 0 Å². The zero-order valence-electron chi connectivity index (χ0n) is 29.9. The molecule has 11 aromatic rings. The molecule has 0 bridgehead atoms. The van der Waals surface area contributed by atoms with E-state index in [1.54, 1.807) is 0 Å². The van der Waals surface area contributed by atoms with E-state index in [-0.39, 0.29) is 0 Å². The molecule has 11 rings (SSSR count). The molecule has 2 aromatic heterocycles. The third kappa shape index (κ3) is 5.20. The van der Waals surface area contributed by atoms with Crippen LogP contribution in [0.1, 0.15) is 0 Å². The number of hydrogen-bond donors (Lipinski definition) is 0. The first kappa shape index (κ1) is 31.2. The van der Waals surface area contributed by atoms with Crippen molar-refractivity contribution in [3.05, 3.63) is 206 Å². The smallest absolute Gasteiger partial charge is 0.136 e. The van der Waals surface area contributed by atoms with Crippen LogP contribution in [0.15, 0.2) is 211 Å². The van der Waals surface area contributed by atoms with E-state index >= 15 is 0 Å². The molecule has 0 aliphatic rings. The van der Waals surface area contributed by atoms with Gasteiger partial charge in [0.15, 0.2) is 0 Å². The van der Waals surface area contributed by atoms with E-state index in [1.807, 2.05) is 12.1 Å². The Balaban J connectivity index is 1.08. The molecule has 0 N–H and O–H groups in total. The molecule has 0 unspecified atom stereocenters. The Bertz CT molecular complexity index is 3190. The monoisotopic (exact) mass is 702 g/mol. The maximum absolute atomic E-state index is 6.25. The van der Waals surface area contributed by atoms with Crippen molar-refractivity contribution in [3.63, 3.8) is 0 Å². The van der Waals surface area contributed by atoms with Gasteiger partial charge < -0.3 is 13.9 Å². The summed E-state index contributed by atoms with van der Waals surface area (Å²) in [6, 6.07) is 74.0. The van der Waals surface area contributed by atoms with Crippen LogP contribution in [0.25, 0.3) is 82.5 Å². The molecule has 0 aliphatic heterocycles. The van der Waals surface area contributed by atoms with Gasteiger partial charge in [-0.05, 0) is 112 Å². The number of hydrogen-bond acceptors (Lipinski definition) is 2. The van der Waals surface area contributed by atoms with E-state index < -0.39 is 0 Å². The zero-order valence-corrected chi connectivity index (χ0v) is 29.9. The molecule has 3 nitrogen and oxygen atoms in total. The van der Waals surface area contributed by atoms with Gasteiger partial charge in [0.2, 0.25) is 0 Å². The first-order valence-electron chi connectivity index (χ1n) is 18.8. The number of furan rings is 1. The fraction of sp³-hybridized carbons (Fsp3) is 0. The molecule has 0 radical (unpaired) electrons. The molecule has 0 atom stereocenters. The molecular formula is C52H34N2O. The summed E-state index contributed by atoms with van der Waals surface area (Å²) in [6.45, 7) is 0. The van der Waals surface area contributed by atoms with Gasteiger partial charge in [-0.25, -0.2) is 0 Å². The van der Waals surface area contributed by atoms with Crippen LogP contribution in [0.3, 0.4) is 0 Å². The van der Waals surface area contributed by atoms with E-state index in [0.29, 0.717) is 0 Å². The van der Waals surface area contributed by atoms with E-state index in [4.69, 9.17) is 4.42 Å². The average molecular weight is 703 g/mol. The summed E-state index contributed by atoms with van der Waals surface area (Å²) in [5, 5.41) is 7.09. The molecule has 3 heteroatoms. The van der Waals surface area contributed by atoms with Crippen LogP contribution < -0.4 is 4.90 Å². The second-order valence-corrected chi connectivity index (χ2v) is 14.2. The molecule has 0 spiro atoms. The van der Waals surface area contributed by atoms with Crippen molar-refractivity contribution in [2.75, 3.05) is 4.90 Å². The van der Waals surface area contributed by atoms with E-state index in [1.165, 1.54) is 43.9 Å². The third-order valence-electron chi connectivity index (χ3n) is 10.9. The van der Waals surface area contributed by atoms with Crippen LogP contribution in [0.2, 0.25) is 0 Å². The van der Waals surface area contributed by atoms with E-state index in [0.717, 1.165) is 55.6 Å². The number of anilines is 3. The molecule has 258 valence electrons. The second-order valence-electron chi connectivity index (χ2n) is 14.2. The maximum Gasteiger partial charge on any atom is 0.136 e. The lowest BCUT2D eigenvalue weighted by Crippen LogP contribution is -2.10. The molecule has 0 saturated heterocycles. The van der Waals surface area contributed by atoms with Gasteiger partial charge >= 0.3 is 0 Å². The summed E-state index contributed by atoms with van der Waals surface area (Å²) >= 11 is 0. The van der Waals surface area contributed by atoms with Crippen LogP contribution >= 0.6 is 0 Å². The van der Waals surface area contributed by atoms with Gasteiger partial charge in [-0.1, -0.05) is 127 Å². The highest BCUT2D eigenvalue weighted by Gasteiger charge is 2.21. The van der Waals surface area contributed by atoms with Gasteiger partial charge in [-0.3, -0.25) is 0 Å². The normalized spacial score (nSPS) is 11.6. The van der Waals surface area contributed by atoms with Crippen molar-refractivity contribution in [1.82, 2.24) is 4.57 Å². The number of nitrogens with zero attached hydrogens (tertiary/aromatic N) is 2. The first-order chi connectivity index (χ1) is 27.3. The highest BCUT2D eigenvalue weighted by Crippen LogP contribution is 2.45. The topological polar surface area (TPSA) is 21.3 Å². The SMILES string of the molecule is c1ccc(-c2cccc(N(c3ccc(-c4ccc5cc6c(cc5c4)oc4ccccc46)cc3)c3cccc4c3c3ccccc3n4-c3ccccc3)c2)cc1. The van der Waals surface area contributed by atoms with Crippen molar-refractivity contribution >= 4 is 71.6 Å². The third-order valence-corrected chi connectivity index (χ3v) is 10.9. The second kappa shape index (κ2) is 12.6. The fourth-order valence-corrected chi connectivity index (χ4v) is 8.38. The fourth-order valence-electron chi connectivity index (χ4n) is 8.38. The van der Waals surface area contributed by atoms with E-state index in [9.17, 15) is 0 Å². The minimum atomic E-state index is 0.914. The van der Waals surface area contributed by atoms with Gasteiger partial charge in [0.1, 0.15) is 11.2 Å². The lowest BCUT2D eigenvalue weighted by Gasteiger charge is -2.27. The molecule has 0 saturated carbocycles. The Hall–Kier alpha value is -7.36. The van der Waals surface area contributed by atoms with Crippen LogP contribution in [0, 0.1) is 0 Å². The van der Waals surface area contributed by atoms with Gasteiger partial charge in [-0.15, -0.1) is 0 Å². The van der Waals surface area contributed by atoms with Gasteiger partial charge in [0.05, 0.1) is 16.7 Å². The van der Waals surface area contributed by atoms with Crippen molar-refractivity contribution in [1.29, 1.82) is 0 Å². The molecule has 0 amide bonds. The molecular weight excluding hydrogens is 669 g/mol. The Morgan fingerprint density at radius 3 is 1.87 bits per heavy atom. The van der Waals surface area contributed by atoms with Crippen LogP contribution in [-0.4, -0.2) is 4.57 Å². The minimum absolute atomic E-state index is 0.914. The predicted octanol–water partition coefficient (Wildman–Crippen LogP) is 14.6. The summed E-state index contributed by atoms with van der Waals surface area (Å²) in [6.07, 6.45) is 0. The lowest BCUT2D eigenvalue weighted by atomic mass is 9.99. The standard InChI is InChI=1S/C52H34N2O/c1-3-13-35(14-4-1)37-15-11-18-43(32-37)53(48-22-12-23-49-52(48)45-20-7-9-21-47(45)54(49)41-16-5-2-6-17-41)42-29-27-36(28-30-42)38-25-26-39-33-46-44-19-8-10-24-50(44)55-51(46)34-40(39)31-38/h1-34H. The molecule has 2 heterocycles. The van der Waals surface area contributed by atoms with E-state index in [2.05, 4.69) is 204 Å². The summed E-state index contributed by atoms with van der Waals surface area (Å²) < 4.78 is 8.63. The summed E-state index contributed by atoms with van der Waals surface area (Å²) in [5.74, 6) is 0. The Labute approximate surface area is 318 Å².